The maximum Gasteiger partial charge on any atom is 0.0907 e. The van der Waals surface area contributed by atoms with Gasteiger partial charge in [-0.15, -0.1) is 11.3 Å². The van der Waals surface area contributed by atoms with Crippen LogP contribution in [0.3, 0.4) is 0 Å². The SMILES string of the molecule is CC(C)(C)c1ccc(CNc2ccc3nccnc3c2)s1. The van der Waals surface area contributed by atoms with E-state index in [1.54, 1.807) is 12.4 Å². The van der Waals surface area contributed by atoms with Crippen LogP contribution in [0.25, 0.3) is 11.0 Å². The van der Waals surface area contributed by atoms with Gasteiger partial charge in [-0.25, -0.2) is 0 Å². The Morgan fingerprint density at radius 3 is 2.48 bits per heavy atom. The smallest absolute Gasteiger partial charge is 0.0907 e. The number of aromatic nitrogens is 2. The maximum atomic E-state index is 4.33. The Balaban J connectivity index is 1.73. The molecule has 0 aliphatic rings. The molecule has 0 bridgehead atoms. The Labute approximate surface area is 129 Å². The van der Waals surface area contributed by atoms with E-state index in [4.69, 9.17) is 0 Å². The van der Waals surface area contributed by atoms with Crippen LogP contribution >= 0.6 is 11.3 Å². The molecular weight excluding hydrogens is 278 g/mol. The lowest BCUT2D eigenvalue weighted by atomic mass is 9.95. The topological polar surface area (TPSA) is 37.8 Å². The normalized spacial score (nSPS) is 11.8. The first-order valence-electron chi connectivity index (χ1n) is 7.06. The van der Waals surface area contributed by atoms with Crippen molar-refractivity contribution in [2.45, 2.75) is 32.7 Å². The Kier molecular flexibility index (Phi) is 3.64. The molecule has 0 radical (unpaired) electrons. The fourth-order valence-electron chi connectivity index (χ4n) is 2.14. The molecule has 0 spiro atoms. The molecule has 21 heavy (non-hydrogen) atoms. The van der Waals surface area contributed by atoms with Crippen LogP contribution in [0.5, 0.6) is 0 Å². The van der Waals surface area contributed by atoms with Crippen molar-refractivity contribution in [3.63, 3.8) is 0 Å². The van der Waals surface area contributed by atoms with E-state index < -0.39 is 0 Å². The first-order valence-corrected chi connectivity index (χ1v) is 7.88. The van der Waals surface area contributed by atoms with Gasteiger partial charge in [-0.2, -0.15) is 0 Å². The summed E-state index contributed by atoms with van der Waals surface area (Å²) >= 11 is 1.87. The number of hydrogen-bond donors (Lipinski definition) is 1. The van der Waals surface area contributed by atoms with Gasteiger partial charge in [-0.3, -0.25) is 9.97 Å². The van der Waals surface area contributed by atoms with Crippen molar-refractivity contribution < 1.29 is 0 Å². The first kappa shape index (κ1) is 14.0. The average molecular weight is 297 g/mol. The predicted octanol–water partition coefficient (Wildman–Crippen LogP) is 4.60. The lowest BCUT2D eigenvalue weighted by molar-refractivity contribution is 0.604. The maximum absolute atomic E-state index is 4.33. The third kappa shape index (κ3) is 3.22. The molecule has 0 fully saturated rings. The molecule has 0 atom stereocenters. The van der Waals surface area contributed by atoms with E-state index in [-0.39, 0.29) is 5.41 Å². The van der Waals surface area contributed by atoms with Crippen molar-refractivity contribution in [3.8, 4) is 0 Å². The summed E-state index contributed by atoms with van der Waals surface area (Å²) in [4.78, 5) is 11.4. The van der Waals surface area contributed by atoms with Crippen molar-refractivity contribution in [3.05, 3.63) is 52.5 Å². The number of rotatable bonds is 3. The fourth-order valence-corrected chi connectivity index (χ4v) is 3.14. The molecule has 0 unspecified atom stereocenters. The highest BCUT2D eigenvalue weighted by Crippen LogP contribution is 2.29. The third-order valence-electron chi connectivity index (χ3n) is 3.34. The second-order valence-corrected chi connectivity index (χ2v) is 7.30. The Bertz CT molecular complexity index is 756. The summed E-state index contributed by atoms with van der Waals surface area (Å²) in [5, 5.41) is 3.46. The summed E-state index contributed by atoms with van der Waals surface area (Å²) in [6, 6.07) is 10.5. The van der Waals surface area contributed by atoms with Crippen LogP contribution in [0.4, 0.5) is 5.69 Å². The van der Waals surface area contributed by atoms with E-state index in [9.17, 15) is 0 Å². The molecule has 108 valence electrons. The molecule has 1 aromatic carbocycles. The molecule has 2 heterocycles. The van der Waals surface area contributed by atoms with Crippen LogP contribution in [0.2, 0.25) is 0 Å². The molecule has 3 rings (SSSR count). The molecule has 0 amide bonds. The van der Waals surface area contributed by atoms with Crippen molar-refractivity contribution in [2.24, 2.45) is 0 Å². The number of fused-ring (bicyclic) bond motifs is 1. The number of nitrogens with one attached hydrogen (secondary N) is 1. The number of benzene rings is 1. The van der Waals surface area contributed by atoms with Gasteiger partial charge in [-0.05, 0) is 35.7 Å². The van der Waals surface area contributed by atoms with Crippen LogP contribution in [-0.4, -0.2) is 9.97 Å². The molecule has 2 aromatic heterocycles. The van der Waals surface area contributed by atoms with Crippen LogP contribution in [-0.2, 0) is 12.0 Å². The van der Waals surface area contributed by atoms with E-state index >= 15 is 0 Å². The molecule has 0 aliphatic carbocycles. The number of thiophene rings is 1. The first-order chi connectivity index (χ1) is 10.0. The van der Waals surface area contributed by atoms with Crippen LogP contribution in [0, 0.1) is 0 Å². The second-order valence-electron chi connectivity index (χ2n) is 6.13. The number of hydrogen-bond acceptors (Lipinski definition) is 4. The van der Waals surface area contributed by atoms with Crippen LogP contribution in [0.15, 0.2) is 42.7 Å². The van der Waals surface area contributed by atoms with Gasteiger partial charge in [0.25, 0.3) is 0 Å². The van der Waals surface area contributed by atoms with Crippen molar-refractivity contribution >= 4 is 28.1 Å². The van der Waals surface area contributed by atoms with Crippen molar-refractivity contribution in [1.82, 2.24) is 9.97 Å². The number of nitrogens with zero attached hydrogens (tertiary/aromatic N) is 2. The minimum absolute atomic E-state index is 0.224. The van der Waals surface area contributed by atoms with Gasteiger partial charge in [0.2, 0.25) is 0 Å². The van der Waals surface area contributed by atoms with Gasteiger partial charge in [0, 0.05) is 34.4 Å². The minimum Gasteiger partial charge on any atom is -0.380 e. The lowest BCUT2D eigenvalue weighted by Crippen LogP contribution is -2.07. The monoisotopic (exact) mass is 297 g/mol. The molecule has 3 nitrogen and oxygen atoms in total. The quantitative estimate of drug-likeness (QED) is 0.767. The number of anilines is 1. The van der Waals surface area contributed by atoms with Gasteiger partial charge in [-0.1, -0.05) is 20.8 Å². The standard InChI is InChI=1S/C17H19N3S/c1-17(2,3)16-7-5-13(21-16)11-20-12-4-6-14-15(10-12)19-9-8-18-14/h4-10,20H,11H2,1-3H3. The molecule has 0 saturated carbocycles. The van der Waals surface area contributed by atoms with E-state index in [0.29, 0.717) is 0 Å². The molecular formula is C17H19N3S. The fraction of sp³-hybridized carbons (Fsp3) is 0.294. The molecule has 3 aromatic rings. The zero-order valence-electron chi connectivity index (χ0n) is 12.6. The van der Waals surface area contributed by atoms with E-state index in [0.717, 1.165) is 23.3 Å². The Hall–Kier alpha value is -1.94. The Morgan fingerprint density at radius 1 is 1.00 bits per heavy atom. The summed E-state index contributed by atoms with van der Waals surface area (Å²) in [5.74, 6) is 0. The third-order valence-corrected chi connectivity index (χ3v) is 4.85. The summed E-state index contributed by atoms with van der Waals surface area (Å²) in [7, 11) is 0. The van der Waals surface area contributed by atoms with Crippen LogP contribution < -0.4 is 5.32 Å². The van der Waals surface area contributed by atoms with E-state index in [1.165, 1.54) is 9.75 Å². The van der Waals surface area contributed by atoms with Crippen LogP contribution in [0.1, 0.15) is 30.5 Å². The highest BCUT2D eigenvalue weighted by Gasteiger charge is 2.15. The van der Waals surface area contributed by atoms with Gasteiger partial charge in [0.15, 0.2) is 0 Å². The summed E-state index contributed by atoms with van der Waals surface area (Å²) < 4.78 is 0. The van der Waals surface area contributed by atoms with E-state index in [2.05, 4.69) is 54.3 Å². The summed E-state index contributed by atoms with van der Waals surface area (Å²) in [5.41, 5.74) is 3.15. The zero-order valence-corrected chi connectivity index (χ0v) is 13.4. The Morgan fingerprint density at radius 2 is 1.76 bits per heavy atom. The highest BCUT2D eigenvalue weighted by atomic mass is 32.1. The van der Waals surface area contributed by atoms with Gasteiger partial charge in [0.1, 0.15) is 0 Å². The van der Waals surface area contributed by atoms with Gasteiger partial charge in [0.05, 0.1) is 11.0 Å². The van der Waals surface area contributed by atoms with Gasteiger partial charge >= 0.3 is 0 Å². The predicted molar refractivity (Wildman–Crippen MR) is 89.9 cm³/mol. The molecule has 0 saturated heterocycles. The molecule has 0 aliphatic heterocycles. The largest absolute Gasteiger partial charge is 0.380 e. The zero-order chi connectivity index (χ0) is 14.9. The highest BCUT2D eigenvalue weighted by molar-refractivity contribution is 7.12. The van der Waals surface area contributed by atoms with Gasteiger partial charge < -0.3 is 5.32 Å². The van der Waals surface area contributed by atoms with Crippen molar-refractivity contribution in [1.29, 1.82) is 0 Å². The van der Waals surface area contributed by atoms with Crippen molar-refractivity contribution in [2.75, 3.05) is 5.32 Å². The summed E-state index contributed by atoms with van der Waals surface area (Å²) in [6.45, 7) is 7.58. The average Bonchev–Trinajstić information content (AvgIpc) is 2.94. The minimum atomic E-state index is 0.224. The molecule has 4 heteroatoms. The summed E-state index contributed by atoms with van der Waals surface area (Å²) in [6.07, 6.45) is 3.44. The van der Waals surface area contributed by atoms with E-state index in [1.807, 2.05) is 23.5 Å². The second kappa shape index (κ2) is 5.45. The molecule has 1 N–H and O–H groups in total. The lowest BCUT2D eigenvalue weighted by Gasteiger charge is -2.15.